The van der Waals surface area contributed by atoms with E-state index in [0.717, 1.165) is 26.1 Å². The highest BCUT2D eigenvalue weighted by atomic mass is 16.2. The smallest absolute Gasteiger partial charge is 0.231 e. The third-order valence-corrected chi connectivity index (χ3v) is 3.81. The minimum Gasteiger partial charge on any atom is -0.345 e. The lowest BCUT2D eigenvalue weighted by Crippen LogP contribution is -2.40. The van der Waals surface area contributed by atoms with Crippen LogP contribution in [0.4, 0.5) is 0 Å². The average molecular weight is 260 g/mol. The van der Waals surface area contributed by atoms with Crippen molar-refractivity contribution < 1.29 is 4.79 Å². The number of hydrogen-bond donors (Lipinski definition) is 1. The number of rotatable bonds is 4. The first-order valence-corrected chi connectivity index (χ1v) is 7.13. The Morgan fingerprint density at radius 1 is 1.42 bits per heavy atom. The number of nitrogens with one attached hydrogen (secondary N) is 1. The molecule has 0 saturated heterocycles. The van der Waals surface area contributed by atoms with Gasteiger partial charge in [0, 0.05) is 26.7 Å². The van der Waals surface area contributed by atoms with Crippen LogP contribution in [-0.2, 0) is 11.3 Å². The van der Waals surface area contributed by atoms with Crippen LogP contribution in [0.5, 0.6) is 0 Å². The molecule has 3 heteroatoms. The van der Waals surface area contributed by atoms with Gasteiger partial charge in [0.2, 0.25) is 5.91 Å². The summed E-state index contributed by atoms with van der Waals surface area (Å²) in [7, 11) is 1.92. The summed E-state index contributed by atoms with van der Waals surface area (Å²) in [6.45, 7) is 6.85. The molecule has 0 bridgehead atoms. The van der Waals surface area contributed by atoms with Gasteiger partial charge in [-0.15, -0.1) is 0 Å². The molecule has 1 heterocycles. The average Bonchev–Trinajstić information content (AvgIpc) is 2.43. The topological polar surface area (TPSA) is 32.3 Å². The molecule has 1 atom stereocenters. The predicted molar refractivity (Wildman–Crippen MR) is 78.0 cm³/mol. The molecule has 1 aromatic carbocycles. The van der Waals surface area contributed by atoms with Crippen molar-refractivity contribution in [1.29, 1.82) is 0 Å². The van der Waals surface area contributed by atoms with Crippen LogP contribution in [0.1, 0.15) is 37.3 Å². The quantitative estimate of drug-likeness (QED) is 0.901. The standard InChI is InChI=1S/C16H24N2O/c1-12(2)8-9-18(3)16(19)15-11-17-10-13-6-4-5-7-14(13)15/h4-7,12,15,17H,8-11H2,1-3H3. The van der Waals surface area contributed by atoms with Gasteiger partial charge in [0.25, 0.3) is 0 Å². The van der Waals surface area contributed by atoms with Crippen LogP contribution in [0.3, 0.4) is 0 Å². The molecule has 19 heavy (non-hydrogen) atoms. The van der Waals surface area contributed by atoms with E-state index in [9.17, 15) is 4.79 Å². The van der Waals surface area contributed by atoms with E-state index in [1.54, 1.807) is 0 Å². The molecule has 0 saturated carbocycles. The van der Waals surface area contributed by atoms with Crippen LogP contribution in [-0.4, -0.2) is 30.9 Å². The van der Waals surface area contributed by atoms with Crippen LogP contribution in [0, 0.1) is 5.92 Å². The molecule has 0 aromatic heterocycles. The zero-order valence-corrected chi connectivity index (χ0v) is 12.1. The summed E-state index contributed by atoms with van der Waals surface area (Å²) in [5.41, 5.74) is 2.45. The Bertz CT molecular complexity index is 442. The van der Waals surface area contributed by atoms with Crippen molar-refractivity contribution in [3.05, 3.63) is 35.4 Å². The second-order valence-electron chi connectivity index (χ2n) is 5.82. The largest absolute Gasteiger partial charge is 0.345 e. The molecule has 1 N–H and O–H groups in total. The van der Waals surface area contributed by atoms with E-state index < -0.39 is 0 Å². The van der Waals surface area contributed by atoms with Gasteiger partial charge in [0.15, 0.2) is 0 Å². The van der Waals surface area contributed by atoms with Gasteiger partial charge >= 0.3 is 0 Å². The molecule has 0 radical (unpaired) electrons. The summed E-state index contributed by atoms with van der Waals surface area (Å²) < 4.78 is 0. The number of fused-ring (bicyclic) bond motifs is 1. The number of carbonyl (C=O) groups excluding carboxylic acids is 1. The van der Waals surface area contributed by atoms with Crippen LogP contribution >= 0.6 is 0 Å². The second-order valence-corrected chi connectivity index (χ2v) is 5.82. The first-order chi connectivity index (χ1) is 9.09. The van der Waals surface area contributed by atoms with Crippen LogP contribution in [0.25, 0.3) is 0 Å². The molecule has 1 unspecified atom stereocenters. The Hall–Kier alpha value is -1.35. The number of hydrogen-bond acceptors (Lipinski definition) is 2. The lowest BCUT2D eigenvalue weighted by Gasteiger charge is -2.29. The van der Waals surface area contributed by atoms with Gasteiger partial charge in [-0.2, -0.15) is 0 Å². The maximum absolute atomic E-state index is 12.6. The first-order valence-electron chi connectivity index (χ1n) is 7.13. The first kappa shape index (κ1) is 14.1. The Balaban J connectivity index is 2.08. The van der Waals surface area contributed by atoms with Gasteiger partial charge in [0.05, 0.1) is 5.92 Å². The third-order valence-electron chi connectivity index (χ3n) is 3.81. The molecule has 0 fully saturated rings. The molecule has 0 aliphatic carbocycles. The van der Waals surface area contributed by atoms with Crippen molar-refractivity contribution in [2.75, 3.05) is 20.1 Å². The van der Waals surface area contributed by atoms with Gasteiger partial charge in [-0.3, -0.25) is 4.79 Å². The zero-order chi connectivity index (χ0) is 13.8. The fourth-order valence-corrected chi connectivity index (χ4v) is 2.54. The molecule has 2 rings (SSSR count). The highest BCUT2D eigenvalue weighted by Crippen LogP contribution is 2.25. The highest BCUT2D eigenvalue weighted by molar-refractivity contribution is 5.84. The van der Waals surface area contributed by atoms with Gasteiger partial charge in [-0.25, -0.2) is 0 Å². The Kier molecular flexibility index (Phi) is 4.59. The Morgan fingerprint density at radius 2 is 2.16 bits per heavy atom. The van der Waals surface area contributed by atoms with E-state index in [-0.39, 0.29) is 11.8 Å². The molecular weight excluding hydrogens is 236 g/mol. The Morgan fingerprint density at radius 3 is 2.89 bits per heavy atom. The van der Waals surface area contributed by atoms with Crippen LogP contribution < -0.4 is 5.32 Å². The fraction of sp³-hybridized carbons (Fsp3) is 0.562. The number of carbonyl (C=O) groups is 1. The monoisotopic (exact) mass is 260 g/mol. The Labute approximate surface area is 116 Å². The zero-order valence-electron chi connectivity index (χ0n) is 12.1. The number of amides is 1. The van der Waals surface area contributed by atoms with E-state index in [1.807, 2.05) is 24.1 Å². The third kappa shape index (κ3) is 3.35. The van der Waals surface area contributed by atoms with Crippen molar-refractivity contribution in [2.24, 2.45) is 5.92 Å². The van der Waals surface area contributed by atoms with Gasteiger partial charge in [0.1, 0.15) is 0 Å². The second kappa shape index (κ2) is 6.20. The molecule has 1 amide bonds. The summed E-state index contributed by atoms with van der Waals surface area (Å²) in [5, 5.41) is 3.34. The summed E-state index contributed by atoms with van der Waals surface area (Å²) in [6.07, 6.45) is 1.06. The summed E-state index contributed by atoms with van der Waals surface area (Å²) in [6, 6.07) is 8.26. The van der Waals surface area contributed by atoms with Gasteiger partial charge in [-0.1, -0.05) is 38.1 Å². The van der Waals surface area contributed by atoms with Crippen molar-refractivity contribution >= 4 is 5.91 Å². The van der Waals surface area contributed by atoms with E-state index >= 15 is 0 Å². The van der Waals surface area contributed by atoms with Crippen molar-refractivity contribution in [3.8, 4) is 0 Å². The van der Waals surface area contributed by atoms with Crippen LogP contribution in [0.2, 0.25) is 0 Å². The number of likely N-dealkylation sites (N-methyl/N-ethyl adjacent to an activating group) is 1. The maximum atomic E-state index is 12.6. The molecule has 1 aliphatic rings. The van der Waals surface area contributed by atoms with Crippen molar-refractivity contribution in [3.63, 3.8) is 0 Å². The molecule has 3 nitrogen and oxygen atoms in total. The summed E-state index contributed by atoms with van der Waals surface area (Å²) in [4.78, 5) is 14.4. The van der Waals surface area contributed by atoms with E-state index in [0.29, 0.717) is 5.92 Å². The minimum absolute atomic E-state index is 0.0258. The minimum atomic E-state index is -0.0258. The van der Waals surface area contributed by atoms with Gasteiger partial charge < -0.3 is 10.2 Å². The van der Waals surface area contributed by atoms with Gasteiger partial charge in [-0.05, 0) is 23.5 Å². The van der Waals surface area contributed by atoms with Crippen LogP contribution in [0.15, 0.2) is 24.3 Å². The van der Waals surface area contributed by atoms with Crippen molar-refractivity contribution in [1.82, 2.24) is 10.2 Å². The molecular formula is C16H24N2O. The lowest BCUT2D eigenvalue weighted by atomic mass is 9.90. The number of nitrogens with zero attached hydrogens (tertiary/aromatic N) is 1. The van der Waals surface area contributed by atoms with E-state index in [4.69, 9.17) is 0 Å². The maximum Gasteiger partial charge on any atom is 0.231 e. The van der Waals surface area contributed by atoms with E-state index in [2.05, 4.69) is 31.3 Å². The molecule has 104 valence electrons. The fourth-order valence-electron chi connectivity index (χ4n) is 2.54. The molecule has 0 spiro atoms. The molecule has 1 aromatic rings. The van der Waals surface area contributed by atoms with Crippen molar-refractivity contribution in [2.45, 2.75) is 32.7 Å². The highest BCUT2D eigenvalue weighted by Gasteiger charge is 2.28. The summed E-state index contributed by atoms with van der Waals surface area (Å²) in [5.74, 6) is 0.842. The lowest BCUT2D eigenvalue weighted by molar-refractivity contribution is -0.131. The van der Waals surface area contributed by atoms with E-state index in [1.165, 1.54) is 11.1 Å². The summed E-state index contributed by atoms with van der Waals surface area (Å²) >= 11 is 0. The normalized spacial score (nSPS) is 18.2. The SMILES string of the molecule is CC(C)CCN(C)C(=O)C1CNCc2ccccc21. The molecule has 1 aliphatic heterocycles. The predicted octanol–water partition coefficient (Wildman–Crippen LogP) is 2.38. The number of benzene rings is 1.